The first-order valence-electron chi connectivity index (χ1n) is 5.84. The summed E-state index contributed by atoms with van der Waals surface area (Å²) in [7, 11) is 0. The summed E-state index contributed by atoms with van der Waals surface area (Å²) in [6.07, 6.45) is 3.75. The van der Waals surface area contributed by atoms with E-state index in [-0.39, 0.29) is 5.76 Å². The molecule has 17 heavy (non-hydrogen) atoms. The van der Waals surface area contributed by atoms with Gasteiger partial charge >= 0.3 is 5.91 Å². The number of nitrogens with one attached hydrogen (secondary N) is 1. The third-order valence-corrected chi connectivity index (χ3v) is 2.53. The zero-order chi connectivity index (χ0) is 12.7. The average molecular weight is 240 g/mol. The van der Waals surface area contributed by atoms with Gasteiger partial charge in [-0.1, -0.05) is 20.3 Å². The van der Waals surface area contributed by atoms with Gasteiger partial charge < -0.3 is 9.15 Å². The molecule has 1 aromatic rings. The van der Waals surface area contributed by atoms with Crippen molar-refractivity contribution in [2.24, 2.45) is 11.8 Å². The van der Waals surface area contributed by atoms with E-state index < -0.39 is 5.91 Å². The molecule has 3 N–H and O–H groups in total. The van der Waals surface area contributed by atoms with Crippen molar-refractivity contribution in [2.75, 3.05) is 6.61 Å². The van der Waals surface area contributed by atoms with E-state index in [1.165, 1.54) is 6.26 Å². The number of nitrogens with two attached hydrogens (primary N) is 1. The Hall–Kier alpha value is -1.33. The minimum atomic E-state index is -0.435. The van der Waals surface area contributed by atoms with Gasteiger partial charge in [-0.15, -0.1) is 0 Å². The molecule has 0 aliphatic heterocycles. The van der Waals surface area contributed by atoms with Gasteiger partial charge in [0.1, 0.15) is 0 Å². The van der Waals surface area contributed by atoms with Crippen LogP contribution in [-0.4, -0.2) is 12.5 Å². The molecule has 96 valence electrons. The summed E-state index contributed by atoms with van der Waals surface area (Å²) < 4.78 is 10.6. The van der Waals surface area contributed by atoms with Crippen LogP contribution in [0.5, 0.6) is 0 Å². The fourth-order valence-corrected chi connectivity index (χ4v) is 1.66. The summed E-state index contributed by atoms with van der Waals surface area (Å²) >= 11 is 0. The third kappa shape index (κ3) is 4.20. The molecule has 1 atom stereocenters. The molecule has 0 aliphatic carbocycles. The molecular formula is C12H20N2O3. The van der Waals surface area contributed by atoms with Gasteiger partial charge in [0.25, 0.3) is 0 Å². The van der Waals surface area contributed by atoms with E-state index in [1.807, 2.05) is 5.43 Å². The number of rotatable bonds is 7. The number of furan rings is 1. The Labute approximate surface area is 101 Å². The van der Waals surface area contributed by atoms with Crippen LogP contribution in [0.2, 0.25) is 0 Å². The highest BCUT2D eigenvalue weighted by Gasteiger charge is 2.14. The van der Waals surface area contributed by atoms with Crippen LogP contribution in [0.1, 0.15) is 42.8 Å². The smallest absolute Gasteiger partial charge is 0.301 e. The van der Waals surface area contributed by atoms with Crippen LogP contribution in [0.25, 0.3) is 0 Å². The summed E-state index contributed by atoms with van der Waals surface area (Å²) in [5.41, 5.74) is 2.76. The summed E-state index contributed by atoms with van der Waals surface area (Å²) in [5.74, 6) is 5.36. The summed E-state index contributed by atoms with van der Waals surface area (Å²) in [6, 6.07) is 1.72. The number of hydrogen-bond acceptors (Lipinski definition) is 4. The quantitative estimate of drug-likeness (QED) is 0.433. The Kier molecular flexibility index (Phi) is 5.72. The predicted molar refractivity (Wildman–Crippen MR) is 64.1 cm³/mol. The zero-order valence-electron chi connectivity index (χ0n) is 10.4. The Bertz CT molecular complexity index is 349. The molecule has 0 aliphatic rings. The van der Waals surface area contributed by atoms with Gasteiger partial charge in [-0.25, -0.2) is 5.84 Å². The maximum Gasteiger partial charge on any atom is 0.301 e. The molecule has 0 spiro atoms. The van der Waals surface area contributed by atoms with Gasteiger partial charge in [-0.2, -0.15) is 0 Å². The second-order valence-electron chi connectivity index (χ2n) is 4.16. The van der Waals surface area contributed by atoms with Gasteiger partial charge in [0, 0.05) is 12.2 Å². The third-order valence-electron chi connectivity index (χ3n) is 2.53. The molecule has 0 saturated heterocycles. The molecule has 0 fully saturated rings. The molecule has 1 rings (SSSR count). The average Bonchev–Trinajstić information content (AvgIpc) is 2.77. The van der Waals surface area contributed by atoms with E-state index in [1.54, 1.807) is 6.07 Å². The largest absolute Gasteiger partial charge is 0.459 e. The molecule has 0 radical (unpaired) electrons. The number of amides is 1. The number of nitrogen functional groups attached to an aromatic ring is 1. The van der Waals surface area contributed by atoms with E-state index in [0.29, 0.717) is 19.1 Å². The molecular weight excluding hydrogens is 220 g/mol. The van der Waals surface area contributed by atoms with E-state index in [9.17, 15) is 4.79 Å². The van der Waals surface area contributed by atoms with E-state index in [2.05, 4.69) is 13.8 Å². The van der Waals surface area contributed by atoms with Crippen molar-refractivity contribution in [3.8, 4) is 0 Å². The Morgan fingerprint density at radius 1 is 1.65 bits per heavy atom. The fourth-order valence-electron chi connectivity index (χ4n) is 1.66. The first-order valence-corrected chi connectivity index (χ1v) is 5.84. The van der Waals surface area contributed by atoms with Crippen molar-refractivity contribution < 1.29 is 13.9 Å². The molecule has 1 aromatic heterocycles. The van der Waals surface area contributed by atoms with E-state index >= 15 is 0 Å². The minimum Gasteiger partial charge on any atom is -0.459 e. The van der Waals surface area contributed by atoms with Gasteiger partial charge in [0.15, 0.2) is 5.76 Å². The van der Waals surface area contributed by atoms with Crippen molar-refractivity contribution >= 4 is 5.91 Å². The molecule has 0 bridgehead atoms. The van der Waals surface area contributed by atoms with Crippen molar-refractivity contribution in [1.82, 2.24) is 5.43 Å². The van der Waals surface area contributed by atoms with Crippen LogP contribution in [0.15, 0.2) is 16.7 Å². The molecule has 5 nitrogen and oxygen atoms in total. The Morgan fingerprint density at radius 3 is 3.06 bits per heavy atom. The highest BCUT2D eigenvalue weighted by Crippen LogP contribution is 2.13. The monoisotopic (exact) mass is 240 g/mol. The second kappa shape index (κ2) is 7.09. The lowest BCUT2D eigenvalue weighted by atomic mass is 10.1. The molecule has 0 aromatic carbocycles. The van der Waals surface area contributed by atoms with E-state index in [0.717, 1.165) is 18.4 Å². The molecule has 1 unspecified atom stereocenters. The van der Waals surface area contributed by atoms with Crippen molar-refractivity contribution in [3.05, 3.63) is 23.7 Å². The number of carbonyl (C=O) groups excluding carboxylic acids is 1. The predicted octanol–water partition coefficient (Wildman–Crippen LogP) is 1.84. The number of ether oxygens (including phenoxy) is 1. The lowest BCUT2D eigenvalue weighted by molar-refractivity contribution is 0.0839. The topological polar surface area (TPSA) is 77.5 Å². The van der Waals surface area contributed by atoms with Crippen LogP contribution in [0.3, 0.4) is 0 Å². The maximum absolute atomic E-state index is 11.3. The number of hydrogen-bond donors (Lipinski definition) is 2. The SMILES string of the molecule is CCCC(C)COCc1ccoc1C(=O)NN. The van der Waals surface area contributed by atoms with Crippen LogP contribution in [0.4, 0.5) is 0 Å². The lowest BCUT2D eigenvalue weighted by Crippen LogP contribution is -2.30. The Morgan fingerprint density at radius 2 is 2.41 bits per heavy atom. The highest BCUT2D eigenvalue weighted by molar-refractivity contribution is 5.92. The summed E-state index contributed by atoms with van der Waals surface area (Å²) in [6.45, 7) is 5.35. The molecule has 1 heterocycles. The first-order chi connectivity index (χ1) is 8.19. The first kappa shape index (κ1) is 13.7. The fraction of sp³-hybridized carbons (Fsp3) is 0.583. The van der Waals surface area contributed by atoms with Gasteiger partial charge in [0.2, 0.25) is 0 Å². The number of carbonyl (C=O) groups is 1. The van der Waals surface area contributed by atoms with Crippen LogP contribution < -0.4 is 11.3 Å². The molecule has 5 heteroatoms. The molecule has 0 saturated carbocycles. The Balaban J connectivity index is 2.41. The van der Waals surface area contributed by atoms with Gasteiger partial charge in [-0.3, -0.25) is 10.2 Å². The summed E-state index contributed by atoms with van der Waals surface area (Å²) in [4.78, 5) is 11.3. The minimum absolute atomic E-state index is 0.218. The normalized spacial score (nSPS) is 12.4. The number of hydrazine groups is 1. The van der Waals surface area contributed by atoms with Crippen LogP contribution in [0, 0.1) is 5.92 Å². The standard InChI is InChI=1S/C12H20N2O3/c1-3-4-9(2)7-16-8-10-5-6-17-11(10)12(15)14-13/h5-6,9H,3-4,7-8,13H2,1-2H3,(H,14,15). The molecule has 1 amide bonds. The highest BCUT2D eigenvalue weighted by atomic mass is 16.5. The van der Waals surface area contributed by atoms with Crippen LogP contribution in [-0.2, 0) is 11.3 Å². The van der Waals surface area contributed by atoms with Crippen molar-refractivity contribution in [1.29, 1.82) is 0 Å². The van der Waals surface area contributed by atoms with E-state index in [4.69, 9.17) is 15.0 Å². The van der Waals surface area contributed by atoms with Crippen molar-refractivity contribution in [3.63, 3.8) is 0 Å². The maximum atomic E-state index is 11.3. The van der Waals surface area contributed by atoms with Crippen molar-refractivity contribution in [2.45, 2.75) is 33.3 Å². The lowest BCUT2D eigenvalue weighted by Gasteiger charge is -2.10. The second-order valence-corrected chi connectivity index (χ2v) is 4.16. The van der Waals surface area contributed by atoms with Gasteiger partial charge in [0.05, 0.1) is 12.9 Å². The summed E-state index contributed by atoms with van der Waals surface area (Å²) in [5, 5.41) is 0. The van der Waals surface area contributed by atoms with Gasteiger partial charge in [-0.05, 0) is 18.4 Å². The zero-order valence-corrected chi connectivity index (χ0v) is 10.4. The van der Waals surface area contributed by atoms with Crippen LogP contribution >= 0.6 is 0 Å².